The monoisotopic (exact) mass is 340 g/mol. The van der Waals surface area contributed by atoms with Crippen LogP contribution in [0, 0.1) is 5.92 Å². The molecular weight excluding hydrogens is 308 g/mol. The minimum atomic E-state index is -0.292. The Bertz CT molecular complexity index is 594. The quantitative estimate of drug-likeness (QED) is 0.213. The van der Waals surface area contributed by atoms with E-state index in [4.69, 9.17) is 4.74 Å². The molecule has 1 atom stereocenters. The van der Waals surface area contributed by atoms with Crippen LogP contribution in [-0.2, 0) is 16.1 Å². The summed E-state index contributed by atoms with van der Waals surface area (Å²) in [6.45, 7) is 8.90. The molecule has 0 bridgehead atoms. The van der Waals surface area contributed by atoms with Crippen LogP contribution >= 0.6 is 0 Å². The molecule has 25 heavy (non-hydrogen) atoms. The molecule has 0 spiro atoms. The first-order valence-electron chi connectivity index (χ1n) is 9.22. The standard InChI is InChI=1S/C23H32O2/c1-5-19(2)11-9-12-20(3)13-10-14-21(4)17-23(24)25-18-22-15-7-6-8-16-22/h6-8,10-11,14-17,20H,5,9,12-13,18H2,1-4H3/b14-10+,19-11+,21-17+. The van der Waals surface area contributed by atoms with Crippen LogP contribution < -0.4 is 0 Å². The van der Waals surface area contributed by atoms with Crippen molar-refractivity contribution in [2.45, 2.75) is 60.0 Å². The van der Waals surface area contributed by atoms with E-state index in [1.807, 2.05) is 43.3 Å². The van der Waals surface area contributed by atoms with Crippen molar-refractivity contribution in [3.63, 3.8) is 0 Å². The van der Waals surface area contributed by atoms with E-state index in [1.165, 1.54) is 12.0 Å². The first-order chi connectivity index (χ1) is 12.0. The molecule has 0 saturated carbocycles. The van der Waals surface area contributed by atoms with Gasteiger partial charge in [-0.2, -0.15) is 0 Å². The van der Waals surface area contributed by atoms with Crippen molar-refractivity contribution >= 4 is 5.97 Å². The lowest BCUT2D eigenvalue weighted by molar-refractivity contribution is -0.139. The second-order valence-electron chi connectivity index (χ2n) is 6.71. The highest BCUT2D eigenvalue weighted by Crippen LogP contribution is 2.14. The molecule has 0 saturated heterocycles. The van der Waals surface area contributed by atoms with E-state index in [0.717, 1.165) is 30.4 Å². The molecule has 1 aromatic rings. The Hall–Kier alpha value is -2.09. The Balaban J connectivity index is 2.30. The van der Waals surface area contributed by atoms with Crippen molar-refractivity contribution in [3.05, 3.63) is 71.3 Å². The van der Waals surface area contributed by atoms with Crippen molar-refractivity contribution in [3.8, 4) is 0 Å². The summed E-state index contributed by atoms with van der Waals surface area (Å²) in [5.41, 5.74) is 3.39. The van der Waals surface area contributed by atoms with Gasteiger partial charge < -0.3 is 4.74 Å². The Labute approximate surface area is 153 Å². The first kappa shape index (κ1) is 21.0. The van der Waals surface area contributed by atoms with Gasteiger partial charge in [0.2, 0.25) is 0 Å². The smallest absolute Gasteiger partial charge is 0.331 e. The number of esters is 1. The van der Waals surface area contributed by atoms with Gasteiger partial charge in [0, 0.05) is 6.08 Å². The van der Waals surface area contributed by atoms with E-state index < -0.39 is 0 Å². The predicted molar refractivity (Wildman–Crippen MR) is 106 cm³/mol. The number of hydrogen-bond acceptors (Lipinski definition) is 2. The number of allylic oxidation sites excluding steroid dienone is 5. The molecule has 2 heteroatoms. The van der Waals surface area contributed by atoms with Gasteiger partial charge in [0.1, 0.15) is 6.61 Å². The van der Waals surface area contributed by atoms with Gasteiger partial charge in [-0.3, -0.25) is 0 Å². The van der Waals surface area contributed by atoms with Gasteiger partial charge in [-0.1, -0.05) is 68.0 Å². The summed E-state index contributed by atoms with van der Waals surface area (Å²) < 4.78 is 5.26. The summed E-state index contributed by atoms with van der Waals surface area (Å²) in [5.74, 6) is 0.356. The molecule has 0 aromatic heterocycles. The maximum Gasteiger partial charge on any atom is 0.331 e. The van der Waals surface area contributed by atoms with Crippen molar-refractivity contribution < 1.29 is 9.53 Å². The van der Waals surface area contributed by atoms with Crippen LogP contribution in [-0.4, -0.2) is 5.97 Å². The molecule has 136 valence electrons. The number of carbonyl (C=O) groups excluding carboxylic acids is 1. The van der Waals surface area contributed by atoms with Crippen LogP contribution in [0.4, 0.5) is 0 Å². The molecule has 1 aromatic carbocycles. The molecule has 0 fully saturated rings. The summed E-state index contributed by atoms with van der Waals surface area (Å²) in [5, 5.41) is 0. The van der Waals surface area contributed by atoms with Crippen molar-refractivity contribution in [1.29, 1.82) is 0 Å². The Kier molecular flexibility index (Phi) is 10.3. The molecule has 0 amide bonds. The molecule has 0 heterocycles. The summed E-state index contributed by atoms with van der Waals surface area (Å²) >= 11 is 0. The Morgan fingerprint density at radius 2 is 1.92 bits per heavy atom. The zero-order chi connectivity index (χ0) is 18.5. The molecule has 1 unspecified atom stereocenters. The fourth-order valence-electron chi connectivity index (χ4n) is 2.37. The average molecular weight is 341 g/mol. The van der Waals surface area contributed by atoms with Crippen LogP contribution in [0.25, 0.3) is 0 Å². The second-order valence-corrected chi connectivity index (χ2v) is 6.71. The fourth-order valence-corrected chi connectivity index (χ4v) is 2.37. The molecule has 0 aliphatic carbocycles. The minimum Gasteiger partial charge on any atom is -0.458 e. The molecular formula is C23H32O2. The maximum absolute atomic E-state index is 11.8. The number of carbonyl (C=O) groups is 1. The van der Waals surface area contributed by atoms with Crippen LogP contribution in [0.2, 0.25) is 0 Å². The zero-order valence-electron chi connectivity index (χ0n) is 16.1. The third kappa shape index (κ3) is 10.4. The van der Waals surface area contributed by atoms with Gasteiger partial charge in [-0.25, -0.2) is 4.79 Å². The largest absolute Gasteiger partial charge is 0.458 e. The third-order valence-electron chi connectivity index (χ3n) is 4.20. The van der Waals surface area contributed by atoms with Crippen molar-refractivity contribution in [2.75, 3.05) is 0 Å². The van der Waals surface area contributed by atoms with Crippen LogP contribution in [0.5, 0.6) is 0 Å². The van der Waals surface area contributed by atoms with E-state index in [1.54, 1.807) is 6.08 Å². The van der Waals surface area contributed by atoms with Crippen molar-refractivity contribution in [1.82, 2.24) is 0 Å². The number of hydrogen-bond donors (Lipinski definition) is 0. The molecule has 0 N–H and O–H groups in total. The maximum atomic E-state index is 11.8. The highest BCUT2D eigenvalue weighted by atomic mass is 16.5. The summed E-state index contributed by atoms with van der Waals surface area (Å²) in [7, 11) is 0. The molecule has 0 aliphatic rings. The summed E-state index contributed by atoms with van der Waals surface area (Å²) in [4.78, 5) is 11.8. The summed E-state index contributed by atoms with van der Waals surface area (Å²) in [6.07, 6.45) is 12.6. The molecule has 2 nitrogen and oxygen atoms in total. The van der Waals surface area contributed by atoms with Crippen molar-refractivity contribution in [2.24, 2.45) is 5.92 Å². The molecule has 0 aliphatic heterocycles. The third-order valence-corrected chi connectivity index (χ3v) is 4.20. The Morgan fingerprint density at radius 3 is 2.60 bits per heavy atom. The molecule has 1 rings (SSSR count). The highest BCUT2D eigenvalue weighted by Gasteiger charge is 2.01. The van der Waals surface area contributed by atoms with Gasteiger partial charge in [-0.05, 0) is 56.6 Å². The topological polar surface area (TPSA) is 26.3 Å². The van der Waals surface area contributed by atoms with Crippen LogP contribution in [0.1, 0.15) is 58.9 Å². The number of benzene rings is 1. The Morgan fingerprint density at radius 1 is 1.20 bits per heavy atom. The average Bonchev–Trinajstić information content (AvgIpc) is 2.60. The number of ether oxygens (including phenoxy) is 1. The SMILES string of the molecule is CC/C(C)=C/CCC(C)C/C=C/C(C)=C/C(=O)OCc1ccccc1. The normalized spacial score (nSPS) is 13.9. The minimum absolute atomic E-state index is 0.292. The van der Waals surface area contributed by atoms with E-state index in [9.17, 15) is 4.79 Å². The van der Waals surface area contributed by atoms with Gasteiger partial charge in [0.25, 0.3) is 0 Å². The van der Waals surface area contributed by atoms with Gasteiger partial charge in [0.15, 0.2) is 0 Å². The lowest BCUT2D eigenvalue weighted by atomic mass is 10.00. The van der Waals surface area contributed by atoms with Gasteiger partial charge in [-0.15, -0.1) is 0 Å². The fraction of sp³-hybridized carbons (Fsp3) is 0.435. The first-order valence-corrected chi connectivity index (χ1v) is 9.22. The lowest BCUT2D eigenvalue weighted by Crippen LogP contribution is -2.01. The lowest BCUT2D eigenvalue weighted by Gasteiger charge is -2.06. The van der Waals surface area contributed by atoms with Gasteiger partial charge in [0.05, 0.1) is 0 Å². The molecule has 0 radical (unpaired) electrons. The van der Waals surface area contributed by atoms with E-state index in [-0.39, 0.29) is 5.97 Å². The van der Waals surface area contributed by atoms with E-state index in [0.29, 0.717) is 12.5 Å². The van der Waals surface area contributed by atoms with Crippen LogP contribution in [0.15, 0.2) is 65.8 Å². The zero-order valence-corrected chi connectivity index (χ0v) is 16.1. The predicted octanol–water partition coefficient (Wildman–Crippen LogP) is 6.40. The van der Waals surface area contributed by atoms with E-state index in [2.05, 4.69) is 32.9 Å². The highest BCUT2D eigenvalue weighted by molar-refractivity contribution is 5.83. The van der Waals surface area contributed by atoms with Gasteiger partial charge >= 0.3 is 5.97 Å². The second kappa shape index (κ2) is 12.3. The summed E-state index contributed by atoms with van der Waals surface area (Å²) in [6, 6.07) is 9.72. The number of rotatable bonds is 10. The van der Waals surface area contributed by atoms with Crippen LogP contribution in [0.3, 0.4) is 0 Å². The van der Waals surface area contributed by atoms with E-state index >= 15 is 0 Å².